The summed E-state index contributed by atoms with van der Waals surface area (Å²) in [4.78, 5) is 19.9. The molecule has 0 saturated carbocycles. The van der Waals surface area contributed by atoms with Gasteiger partial charge < -0.3 is 5.73 Å². The van der Waals surface area contributed by atoms with E-state index in [0.717, 1.165) is 15.7 Å². The third-order valence-electron chi connectivity index (χ3n) is 6.38. The molecular weight excluding hydrogens is 495 g/mol. The number of aromatic nitrogens is 1. The molecule has 1 aliphatic heterocycles. The number of pyridine rings is 1. The van der Waals surface area contributed by atoms with Crippen molar-refractivity contribution in [2.24, 2.45) is 5.73 Å². The van der Waals surface area contributed by atoms with Crippen molar-refractivity contribution in [3.05, 3.63) is 117 Å². The normalized spacial score (nSPS) is 20.3. The summed E-state index contributed by atoms with van der Waals surface area (Å²) < 4.78 is 14.5. The molecule has 2 unspecified atom stereocenters. The number of benzene rings is 2. The number of hydrogen-bond acceptors (Lipinski definition) is 5. The number of ketones is 1. The Hall–Kier alpha value is -3.76. The highest BCUT2D eigenvalue weighted by Crippen LogP contribution is 2.48. The fourth-order valence-electron chi connectivity index (χ4n) is 4.84. The minimum Gasteiger partial charge on any atom is -0.384 e. The van der Waals surface area contributed by atoms with Crippen molar-refractivity contribution < 1.29 is 9.18 Å². The largest absolute Gasteiger partial charge is 0.384 e. The first kappa shape index (κ1) is 22.1. The van der Waals surface area contributed by atoms with Crippen LogP contribution >= 0.6 is 15.9 Å². The van der Waals surface area contributed by atoms with Crippen LogP contribution in [0.2, 0.25) is 0 Å². The van der Waals surface area contributed by atoms with Gasteiger partial charge in [-0.3, -0.25) is 9.69 Å². The van der Waals surface area contributed by atoms with E-state index in [1.807, 2.05) is 36.4 Å². The molecule has 0 radical (unpaired) electrons. The molecule has 0 spiro atoms. The van der Waals surface area contributed by atoms with Gasteiger partial charge in [0.1, 0.15) is 17.5 Å². The van der Waals surface area contributed by atoms with Crippen molar-refractivity contribution in [3.63, 3.8) is 0 Å². The quantitative estimate of drug-likeness (QED) is 0.485. The number of allylic oxidation sites excluding steroid dienone is 3. The van der Waals surface area contributed by atoms with Crippen LogP contribution in [0, 0.1) is 17.1 Å². The number of anilines is 1. The van der Waals surface area contributed by atoms with E-state index in [2.05, 4.69) is 27.0 Å². The molecule has 0 saturated heterocycles. The zero-order chi connectivity index (χ0) is 23.8. The highest BCUT2D eigenvalue weighted by atomic mass is 79.9. The van der Waals surface area contributed by atoms with Gasteiger partial charge >= 0.3 is 0 Å². The summed E-state index contributed by atoms with van der Waals surface area (Å²) in [6, 6.07) is 21.7. The number of nitrogens with zero attached hydrogens (tertiary/aromatic N) is 3. The zero-order valence-corrected chi connectivity index (χ0v) is 19.7. The standard InChI is InChI=1S/C27H20BrFN4O/c28-19-8-11-24(32-15-19)33-22-12-18(16-4-2-1-3-5-16)13-23(34)26(22)25(21(14-30)27(33)31)17-6-9-20(29)10-7-17/h1-11,15,18,25H,12-13,31H2. The van der Waals surface area contributed by atoms with Crippen LogP contribution in [0.1, 0.15) is 35.8 Å². The van der Waals surface area contributed by atoms with Gasteiger partial charge in [-0.2, -0.15) is 5.26 Å². The maximum absolute atomic E-state index is 13.7. The van der Waals surface area contributed by atoms with E-state index in [0.29, 0.717) is 29.8 Å². The Balaban J connectivity index is 1.72. The van der Waals surface area contributed by atoms with E-state index in [9.17, 15) is 14.4 Å². The molecule has 2 N–H and O–H groups in total. The molecule has 168 valence electrons. The van der Waals surface area contributed by atoms with Crippen LogP contribution < -0.4 is 10.6 Å². The highest BCUT2D eigenvalue weighted by Gasteiger charge is 2.43. The topological polar surface area (TPSA) is 83.0 Å². The molecule has 2 aromatic carbocycles. The summed E-state index contributed by atoms with van der Waals surface area (Å²) >= 11 is 3.40. The van der Waals surface area contributed by atoms with E-state index in [1.54, 1.807) is 29.3 Å². The molecule has 2 aliphatic rings. The third-order valence-corrected chi connectivity index (χ3v) is 6.85. The lowest BCUT2D eigenvalue weighted by molar-refractivity contribution is -0.116. The molecule has 3 aromatic rings. The number of halogens is 2. The first-order chi connectivity index (χ1) is 16.5. The molecule has 2 atom stereocenters. The summed E-state index contributed by atoms with van der Waals surface area (Å²) in [6.07, 6.45) is 2.53. The van der Waals surface area contributed by atoms with Gasteiger partial charge in [-0.05, 0) is 63.7 Å². The Morgan fingerprint density at radius 1 is 1.03 bits per heavy atom. The van der Waals surface area contributed by atoms with Crippen LogP contribution in [0.3, 0.4) is 0 Å². The molecule has 5 nitrogen and oxygen atoms in total. The summed E-state index contributed by atoms with van der Waals surface area (Å²) in [7, 11) is 0. The second kappa shape index (κ2) is 8.88. The lowest BCUT2D eigenvalue weighted by Crippen LogP contribution is -2.40. The molecule has 34 heavy (non-hydrogen) atoms. The maximum atomic E-state index is 13.7. The van der Waals surface area contributed by atoms with Crippen molar-refractivity contribution in [1.82, 2.24) is 4.98 Å². The molecule has 0 fully saturated rings. The second-order valence-electron chi connectivity index (χ2n) is 8.36. The van der Waals surface area contributed by atoms with Crippen LogP contribution in [-0.4, -0.2) is 10.8 Å². The van der Waals surface area contributed by atoms with Crippen molar-refractivity contribution in [2.75, 3.05) is 4.90 Å². The number of nitrogens with two attached hydrogens (primary N) is 1. The number of rotatable bonds is 3. The maximum Gasteiger partial charge on any atom is 0.162 e. The third kappa shape index (κ3) is 3.80. The predicted octanol–water partition coefficient (Wildman–Crippen LogP) is 5.68. The smallest absolute Gasteiger partial charge is 0.162 e. The molecular formula is C27H20BrFN4O. The van der Waals surface area contributed by atoms with E-state index in [1.165, 1.54) is 12.1 Å². The number of Topliss-reactive ketones (excluding diaryl/α,β-unsaturated/α-hetero) is 1. The van der Waals surface area contributed by atoms with Crippen LogP contribution in [-0.2, 0) is 4.79 Å². The molecule has 0 amide bonds. The summed E-state index contributed by atoms with van der Waals surface area (Å²) in [5, 5.41) is 10.1. The zero-order valence-electron chi connectivity index (χ0n) is 18.1. The lowest BCUT2D eigenvalue weighted by atomic mass is 9.72. The Kier molecular flexibility index (Phi) is 5.76. The van der Waals surface area contributed by atoms with Gasteiger partial charge in [-0.15, -0.1) is 0 Å². The number of nitriles is 1. The molecule has 1 aromatic heterocycles. The van der Waals surface area contributed by atoms with Gasteiger partial charge in [0.15, 0.2) is 5.78 Å². The van der Waals surface area contributed by atoms with Crippen LogP contribution in [0.15, 0.2) is 100 Å². The average molecular weight is 515 g/mol. The van der Waals surface area contributed by atoms with Gasteiger partial charge in [0.25, 0.3) is 0 Å². The molecule has 5 rings (SSSR count). The van der Waals surface area contributed by atoms with E-state index < -0.39 is 5.92 Å². The Labute approximate surface area is 205 Å². The van der Waals surface area contributed by atoms with Gasteiger partial charge in [-0.25, -0.2) is 9.37 Å². The predicted molar refractivity (Wildman–Crippen MR) is 131 cm³/mol. The minimum atomic E-state index is -0.656. The van der Waals surface area contributed by atoms with Gasteiger partial charge in [-0.1, -0.05) is 42.5 Å². The Morgan fingerprint density at radius 3 is 2.41 bits per heavy atom. The van der Waals surface area contributed by atoms with E-state index in [4.69, 9.17) is 5.73 Å². The number of carbonyl (C=O) groups excluding carboxylic acids is 1. The van der Waals surface area contributed by atoms with Gasteiger partial charge in [0.05, 0.1) is 17.6 Å². The van der Waals surface area contributed by atoms with Crippen LogP contribution in [0.4, 0.5) is 10.2 Å². The monoisotopic (exact) mass is 514 g/mol. The SMILES string of the molecule is N#CC1=C(N)N(c2ccc(Br)cn2)C2=C(C(=O)CC(c3ccccc3)C2)C1c1ccc(F)cc1. The van der Waals surface area contributed by atoms with Crippen molar-refractivity contribution in [3.8, 4) is 6.07 Å². The van der Waals surface area contributed by atoms with E-state index >= 15 is 0 Å². The number of carbonyl (C=O) groups is 1. The van der Waals surface area contributed by atoms with E-state index in [-0.39, 0.29) is 28.9 Å². The summed E-state index contributed by atoms with van der Waals surface area (Å²) in [5.74, 6) is -0.366. The van der Waals surface area contributed by atoms with Gasteiger partial charge in [0, 0.05) is 28.4 Å². The fourth-order valence-corrected chi connectivity index (χ4v) is 5.08. The highest BCUT2D eigenvalue weighted by molar-refractivity contribution is 9.10. The average Bonchev–Trinajstić information content (AvgIpc) is 2.85. The molecule has 2 heterocycles. The van der Waals surface area contributed by atoms with Crippen LogP contribution in [0.25, 0.3) is 0 Å². The summed E-state index contributed by atoms with van der Waals surface area (Å²) in [5.41, 5.74) is 9.83. The molecule has 0 bridgehead atoms. The van der Waals surface area contributed by atoms with Crippen molar-refractivity contribution >= 4 is 27.5 Å². The van der Waals surface area contributed by atoms with Crippen molar-refractivity contribution in [1.29, 1.82) is 5.26 Å². The first-order valence-electron chi connectivity index (χ1n) is 10.9. The first-order valence-corrected chi connectivity index (χ1v) is 11.6. The minimum absolute atomic E-state index is 0.0318. The summed E-state index contributed by atoms with van der Waals surface area (Å²) in [6.45, 7) is 0. The Bertz CT molecular complexity index is 1360. The molecule has 1 aliphatic carbocycles. The number of hydrogen-bond donors (Lipinski definition) is 1. The second-order valence-corrected chi connectivity index (χ2v) is 9.28. The van der Waals surface area contributed by atoms with Gasteiger partial charge in [0.2, 0.25) is 0 Å². The van der Waals surface area contributed by atoms with Crippen molar-refractivity contribution in [2.45, 2.75) is 24.7 Å². The Morgan fingerprint density at radius 2 is 1.76 bits per heavy atom. The molecule has 7 heteroatoms. The van der Waals surface area contributed by atoms with Crippen LogP contribution in [0.5, 0.6) is 0 Å². The lowest BCUT2D eigenvalue weighted by Gasteiger charge is -2.41. The fraction of sp³-hybridized carbons (Fsp3) is 0.148.